The van der Waals surface area contributed by atoms with Gasteiger partial charge in [0.15, 0.2) is 11.5 Å². The maximum Gasteiger partial charge on any atom is 0.311 e. The van der Waals surface area contributed by atoms with Crippen molar-refractivity contribution >= 4 is 11.9 Å². The lowest BCUT2D eigenvalue weighted by Gasteiger charge is -2.19. The van der Waals surface area contributed by atoms with Gasteiger partial charge < -0.3 is 33.2 Å². The van der Waals surface area contributed by atoms with E-state index in [1.807, 2.05) is 60.7 Å². The number of hydrogen-bond donors (Lipinski definition) is 0. The van der Waals surface area contributed by atoms with Gasteiger partial charge in [-0.15, -0.1) is 0 Å². The molecule has 0 aromatic heterocycles. The minimum absolute atomic E-state index is 0.212. The van der Waals surface area contributed by atoms with Gasteiger partial charge in [0.1, 0.15) is 24.7 Å². The van der Waals surface area contributed by atoms with Crippen molar-refractivity contribution in [2.24, 2.45) is 0 Å². The number of ether oxygens (including phenoxy) is 7. The fourth-order valence-electron chi connectivity index (χ4n) is 6.45. The van der Waals surface area contributed by atoms with Gasteiger partial charge in [0, 0.05) is 12.8 Å². The molecule has 1 aliphatic heterocycles. The van der Waals surface area contributed by atoms with Gasteiger partial charge in [-0.3, -0.25) is 9.59 Å². The first kappa shape index (κ1) is 43.8. The molecule has 0 spiro atoms. The molecule has 0 atom stereocenters. The molecule has 0 saturated heterocycles. The number of rotatable bonds is 20. The highest BCUT2D eigenvalue weighted by molar-refractivity contribution is 5.86. The number of fused-ring (bicyclic) bond motifs is 1. The molecule has 302 valence electrons. The van der Waals surface area contributed by atoms with Gasteiger partial charge in [-0.25, -0.2) is 0 Å². The van der Waals surface area contributed by atoms with Gasteiger partial charge in [-0.2, -0.15) is 0 Å². The first-order chi connectivity index (χ1) is 27.1. The summed E-state index contributed by atoms with van der Waals surface area (Å²) in [5.41, 5.74) is 3.61. The second-order valence-corrected chi connectivity index (χ2v) is 14.1. The standard InChI is InChI=1S/C46H64O9/c1-3-5-7-9-11-13-15-17-45(47)54-39-23-19-37(20-24-39)41-35-43-44(53-34-32-51-30-28-49-27-29-50-31-33-52-43)36-42(41)38-21-25-40(26-22-38)55-46(48)18-16-14-12-10-8-6-4-2/h19-26,35-36H,3-18,27-34H2,1-2H3. The van der Waals surface area contributed by atoms with Crippen molar-refractivity contribution in [1.82, 2.24) is 0 Å². The Kier molecular flexibility index (Phi) is 21.4. The molecule has 1 aliphatic rings. The predicted octanol–water partition coefficient (Wildman–Crippen LogP) is 10.9. The Balaban J connectivity index is 1.49. The van der Waals surface area contributed by atoms with E-state index in [1.54, 1.807) is 0 Å². The van der Waals surface area contributed by atoms with E-state index in [-0.39, 0.29) is 11.9 Å². The van der Waals surface area contributed by atoms with Crippen LogP contribution >= 0.6 is 0 Å². The predicted molar refractivity (Wildman–Crippen MR) is 217 cm³/mol. The molecule has 3 aromatic carbocycles. The van der Waals surface area contributed by atoms with Crippen LogP contribution in [0.2, 0.25) is 0 Å². The van der Waals surface area contributed by atoms with Gasteiger partial charge in [0.2, 0.25) is 0 Å². The van der Waals surface area contributed by atoms with Gasteiger partial charge in [0.25, 0.3) is 0 Å². The monoisotopic (exact) mass is 760 g/mol. The Morgan fingerprint density at radius 2 is 0.782 bits per heavy atom. The van der Waals surface area contributed by atoms with E-state index in [0.29, 0.717) is 88.7 Å². The van der Waals surface area contributed by atoms with Crippen LogP contribution in [0.3, 0.4) is 0 Å². The van der Waals surface area contributed by atoms with Crippen molar-refractivity contribution < 1.29 is 42.7 Å². The molecule has 0 amide bonds. The summed E-state index contributed by atoms with van der Waals surface area (Å²) >= 11 is 0. The summed E-state index contributed by atoms with van der Waals surface area (Å²) < 4.78 is 40.8. The molecule has 0 aliphatic carbocycles. The Morgan fingerprint density at radius 1 is 0.455 bits per heavy atom. The maximum atomic E-state index is 12.6. The second kappa shape index (κ2) is 26.8. The molecule has 9 nitrogen and oxygen atoms in total. The van der Waals surface area contributed by atoms with E-state index >= 15 is 0 Å². The van der Waals surface area contributed by atoms with Crippen LogP contribution in [0.1, 0.15) is 117 Å². The number of carbonyl (C=O) groups excluding carboxylic acids is 2. The second-order valence-electron chi connectivity index (χ2n) is 14.1. The molecule has 1 heterocycles. The van der Waals surface area contributed by atoms with E-state index in [9.17, 15) is 9.59 Å². The molecule has 0 N–H and O–H groups in total. The van der Waals surface area contributed by atoms with E-state index < -0.39 is 0 Å². The normalized spacial score (nSPS) is 14.1. The molecule has 3 aromatic rings. The van der Waals surface area contributed by atoms with Gasteiger partial charge in [-0.05, 0) is 71.5 Å². The lowest BCUT2D eigenvalue weighted by molar-refractivity contribution is -0.135. The van der Waals surface area contributed by atoms with Crippen molar-refractivity contribution in [3.8, 4) is 45.3 Å². The largest absolute Gasteiger partial charge is 0.487 e. The van der Waals surface area contributed by atoms with Crippen molar-refractivity contribution in [2.75, 3.05) is 52.9 Å². The van der Waals surface area contributed by atoms with E-state index in [2.05, 4.69) is 13.8 Å². The topological polar surface area (TPSA) is 98.8 Å². The lowest BCUT2D eigenvalue weighted by Crippen LogP contribution is -2.13. The number of esters is 2. The highest BCUT2D eigenvalue weighted by atomic mass is 16.6. The molecular formula is C46H64O9. The zero-order valence-electron chi connectivity index (χ0n) is 33.4. The third-order valence-corrected chi connectivity index (χ3v) is 9.56. The maximum absolute atomic E-state index is 12.6. The van der Waals surface area contributed by atoms with Crippen molar-refractivity contribution in [1.29, 1.82) is 0 Å². The highest BCUT2D eigenvalue weighted by Crippen LogP contribution is 2.42. The van der Waals surface area contributed by atoms with Crippen LogP contribution in [0, 0.1) is 0 Å². The summed E-state index contributed by atoms with van der Waals surface area (Å²) in [5, 5.41) is 0. The molecule has 0 fully saturated rings. The van der Waals surface area contributed by atoms with Crippen LogP contribution in [0.5, 0.6) is 23.0 Å². The first-order valence-corrected chi connectivity index (χ1v) is 20.9. The number of carbonyl (C=O) groups is 2. The number of hydrogen-bond acceptors (Lipinski definition) is 9. The van der Waals surface area contributed by atoms with Crippen LogP contribution < -0.4 is 18.9 Å². The molecule has 0 unspecified atom stereocenters. The fourth-order valence-corrected chi connectivity index (χ4v) is 6.45. The van der Waals surface area contributed by atoms with Crippen LogP contribution in [0.25, 0.3) is 22.3 Å². The van der Waals surface area contributed by atoms with Crippen molar-refractivity contribution in [2.45, 2.75) is 117 Å². The summed E-state index contributed by atoms with van der Waals surface area (Å²) in [6.45, 7) is 7.81. The van der Waals surface area contributed by atoms with Gasteiger partial charge in [-0.1, -0.05) is 115 Å². The first-order valence-electron chi connectivity index (χ1n) is 20.9. The molecule has 0 radical (unpaired) electrons. The number of unbranched alkanes of at least 4 members (excludes halogenated alkanes) is 12. The van der Waals surface area contributed by atoms with Crippen LogP contribution in [-0.4, -0.2) is 64.8 Å². The Morgan fingerprint density at radius 3 is 1.15 bits per heavy atom. The molecule has 9 heteroatoms. The third kappa shape index (κ3) is 17.2. The van der Waals surface area contributed by atoms with Gasteiger partial charge >= 0.3 is 11.9 Å². The highest BCUT2D eigenvalue weighted by Gasteiger charge is 2.17. The van der Waals surface area contributed by atoms with Crippen molar-refractivity contribution in [3.63, 3.8) is 0 Å². The summed E-state index contributed by atoms with van der Waals surface area (Å²) in [7, 11) is 0. The SMILES string of the molecule is CCCCCCCCCC(=O)Oc1ccc(-c2cc3c(cc2-c2ccc(OC(=O)CCCCCCCCC)cc2)OCCOCCOCCOCCO3)cc1. The van der Waals surface area contributed by atoms with E-state index in [1.165, 1.54) is 51.4 Å². The fraction of sp³-hybridized carbons (Fsp3) is 0.565. The summed E-state index contributed by atoms with van der Waals surface area (Å²) in [6, 6.07) is 19.1. The summed E-state index contributed by atoms with van der Waals surface area (Å²) in [5.74, 6) is 1.75. The molecular weight excluding hydrogens is 696 g/mol. The van der Waals surface area contributed by atoms with E-state index in [4.69, 9.17) is 33.2 Å². The van der Waals surface area contributed by atoms with Crippen LogP contribution in [0.4, 0.5) is 0 Å². The summed E-state index contributed by atoms with van der Waals surface area (Å²) in [6.07, 6.45) is 16.9. The zero-order chi connectivity index (χ0) is 38.8. The molecule has 4 rings (SSSR count). The average molecular weight is 761 g/mol. The van der Waals surface area contributed by atoms with Crippen molar-refractivity contribution in [3.05, 3.63) is 60.7 Å². The zero-order valence-corrected chi connectivity index (χ0v) is 33.4. The minimum Gasteiger partial charge on any atom is -0.487 e. The van der Waals surface area contributed by atoms with E-state index in [0.717, 1.165) is 60.8 Å². The third-order valence-electron chi connectivity index (χ3n) is 9.56. The lowest BCUT2D eigenvalue weighted by atomic mass is 9.93. The summed E-state index contributed by atoms with van der Waals surface area (Å²) in [4.78, 5) is 25.2. The van der Waals surface area contributed by atoms with Crippen LogP contribution in [0.15, 0.2) is 60.7 Å². The Bertz CT molecular complexity index is 1390. The average Bonchev–Trinajstić information content (AvgIpc) is 3.20. The van der Waals surface area contributed by atoms with Gasteiger partial charge in [0.05, 0.1) is 39.6 Å². The smallest absolute Gasteiger partial charge is 0.311 e. The number of benzene rings is 3. The Labute approximate surface area is 329 Å². The van der Waals surface area contributed by atoms with Crippen LogP contribution in [-0.2, 0) is 23.8 Å². The molecule has 0 bridgehead atoms. The quantitative estimate of drug-likeness (QED) is 0.0633. The minimum atomic E-state index is -0.212. The Hall–Kier alpha value is -3.92. The molecule has 55 heavy (non-hydrogen) atoms. The molecule has 0 saturated carbocycles.